The van der Waals surface area contributed by atoms with Gasteiger partial charge in [0, 0.05) is 16.5 Å². The molecular formula is C22H15ClN2O. The molecule has 1 heterocycles. The maximum Gasteiger partial charge on any atom is 0.255 e. The molecule has 0 atom stereocenters. The molecule has 0 aliphatic heterocycles. The Morgan fingerprint density at radius 2 is 1.54 bits per heavy atom. The number of hydrogen-bond donors (Lipinski definition) is 1. The van der Waals surface area contributed by atoms with Crippen LogP contribution in [0.15, 0.2) is 84.9 Å². The van der Waals surface area contributed by atoms with Gasteiger partial charge in [-0.05, 0) is 30.3 Å². The standard InChI is InChI=1S/C22H15ClN2O/c23-18-12-6-5-11-17(18)21-20(14-16-10-4-7-13-19(16)24-21)25-22(26)15-8-2-1-3-9-15/h1-14H,(H,25,26). The van der Waals surface area contributed by atoms with E-state index in [2.05, 4.69) is 5.32 Å². The van der Waals surface area contributed by atoms with Crippen LogP contribution in [0.1, 0.15) is 10.4 Å². The van der Waals surface area contributed by atoms with Gasteiger partial charge >= 0.3 is 0 Å². The SMILES string of the molecule is O=C(Nc1cc2ccccc2nc1-c1ccccc1Cl)c1ccccc1. The summed E-state index contributed by atoms with van der Waals surface area (Å²) in [6.45, 7) is 0. The van der Waals surface area contributed by atoms with Crippen LogP contribution in [0.25, 0.3) is 22.2 Å². The summed E-state index contributed by atoms with van der Waals surface area (Å²) in [6, 6.07) is 26.3. The van der Waals surface area contributed by atoms with Crippen LogP contribution in [0, 0.1) is 0 Å². The lowest BCUT2D eigenvalue weighted by Crippen LogP contribution is -2.13. The molecule has 1 N–H and O–H groups in total. The van der Waals surface area contributed by atoms with E-state index in [1.807, 2.05) is 72.8 Å². The van der Waals surface area contributed by atoms with E-state index < -0.39 is 0 Å². The largest absolute Gasteiger partial charge is 0.320 e. The molecule has 3 aromatic carbocycles. The third kappa shape index (κ3) is 3.17. The van der Waals surface area contributed by atoms with Gasteiger partial charge in [-0.1, -0.05) is 66.2 Å². The lowest BCUT2D eigenvalue weighted by atomic mass is 10.1. The first-order valence-corrected chi connectivity index (χ1v) is 8.61. The number of para-hydroxylation sites is 1. The first-order valence-electron chi connectivity index (χ1n) is 8.23. The van der Waals surface area contributed by atoms with Gasteiger partial charge in [0.1, 0.15) is 0 Å². The monoisotopic (exact) mass is 358 g/mol. The minimum absolute atomic E-state index is 0.184. The van der Waals surface area contributed by atoms with Crippen LogP contribution in [0.2, 0.25) is 5.02 Å². The van der Waals surface area contributed by atoms with Crippen LogP contribution >= 0.6 is 11.6 Å². The fraction of sp³-hybridized carbons (Fsp3) is 0. The average Bonchev–Trinajstić information content (AvgIpc) is 2.68. The van der Waals surface area contributed by atoms with Crippen molar-refractivity contribution in [2.24, 2.45) is 0 Å². The lowest BCUT2D eigenvalue weighted by molar-refractivity contribution is 0.102. The molecule has 126 valence electrons. The molecule has 0 aliphatic carbocycles. The fourth-order valence-electron chi connectivity index (χ4n) is 2.85. The maximum absolute atomic E-state index is 12.6. The number of rotatable bonds is 3. The number of carbonyl (C=O) groups excluding carboxylic acids is 1. The Bertz CT molecular complexity index is 1090. The summed E-state index contributed by atoms with van der Waals surface area (Å²) < 4.78 is 0. The summed E-state index contributed by atoms with van der Waals surface area (Å²) in [7, 11) is 0. The number of benzene rings is 3. The van der Waals surface area contributed by atoms with E-state index in [4.69, 9.17) is 16.6 Å². The normalized spacial score (nSPS) is 10.7. The second-order valence-corrected chi connectivity index (χ2v) is 6.28. The summed E-state index contributed by atoms with van der Waals surface area (Å²) in [5, 5.41) is 4.52. The van der Waals surface area contributed by atoms with E-state index in [9.17, 15) is 4.79 Å². The highest BCUT2D eigenvalue weighted by molar-refractivity contribution is 6.33. The van der Waals surface area contributed by atoms with Gasteiger partial charge in [-0.3, -0.25) is 4.79 Å². The van der Waals surface area contributed by atoms with Crippen LogP contribution in [-0.2, 0) is 0 Å². The van der Waals surface area contributed by atoms with Gasteiger partial charge in [-0.15, -0.1) is 0 Å². The molecule has 26 heavy (non-hydrogen) atoms. The van der Waals surface area contributed by atoms with Crippen LogP contribution in [0.4, 0.5) is 5.69 Å². The highest BCUT2D eigenvalue weighted by Crippen LogP contribution is 2.34. The molecule has 4 rings (SSSR count). The van der Waals surface area contributed by atoms with Crippen molar-refractivity contribution in [1.29, 1.82) is 0 Å². The average molecular weight is 359 g/mol. The Balaban J connectivity index is 1.85. The molecule has 0 saturated carbocycles. The summed E-state index contributed by atoms with van der Waals surface area (Å²) in [5.74, 6) is -0.184. The van der Waals surface area contributed by atoms with Crippen LogP contribution in [-0.4, -0.2) is 10.9 Å². The van der Waals surface area contributed by atoms with Gasteiger partial charge in [-0.2, -0.15) is 0 Å². The number of fused-ring (bicyclic) bond motifs is 1. The first-order chi connectivity index (χ1) is 12.7. The molecule has 4 heteroatoms. The highest BCUT2D eigenvalue weighted by atomic mass is 35.5. The van der Waals surface area contributed by atoms with E-state index in [-0.39, 0.29) is 5.91 Å². The maximum atomic E-state index is 12.6. The van der Waals surface area contributed by atoms with Gasteiger partial charge in [-0.25, -0.2) is 4.98 Å². The predicted molar refractivity (Wildman–Crippen MR) is 107 cm³/mol. The first kappa shape index (κ1) is 16.3. The van der Waals surface area contributed by atoms with Crippen molar-refractivity contribution in [2.75, 3.05) is 5.32 Å². The van der Waals surface area contributed by atoms with E-state index in [0.29, 0.717) is 22.0 Å². The zero-order valence-corrected chi connectivity index (χ0v) is 14.6. The number of aromatic nitrogens is 1. The quantitative estimate of drug-likeness (QED) is 0.502. The second-order valence-electron chi connectivity index (χ2n) is 5.88. The fourth-order valence-corrected chi connectivity index (χ4v) is 3.08. The Hall–Kier alpha value is -3.17. The minimum atomic E-state index is -0.184. The molecule has 4 aromatic rings. The molecule has 0 unspecified atom stereocenters. The molecular weight excluding hydrogens is 344 g/mol. The third-order valence-electron chi connectivity index (χ3n) is 4.14. The predicted octanol–water partition coefficient (Wildman–Crippen LogP) is 5.81. The Kier molecular flexibility index (Phi) is 4.38. The van der Waals surface area contributed by atoms with Crippen LogP contribution in [0.5, 0.6) is 0 Å². The highest BCUT2D eigenvalue weighted by Gasteiger charge is 2.15. The zero-order chi connectivity index (χ0) is 17.9. The van der Waals surface area contributed by atoms with Gasteiger partial charge in [0.05, 0.1) is 21.9 Å². The zero-order valence-electron chi connectivity index (χ0n) is 13.8. The van der Waals surface area contributed by atoms with E-state index >= 15 is 0 Å². The summed E-state index contributed by atoms with van der Waals surface area (Å²) in [6.07, 6.45) is 0. The second kappa shape index (κ2) is 6.98. The number of pyridine rings is 1. The third-order valence-corrected chi connectivity index (χ3v) is 4.47. The van der Waals surface area contributed by atoms with Gasteiger partial charge in [0.2, 0.25) is 0 Å². The van der Waals surface area contributed by atoms with Gasteiger partial charge in [0.15, 0.2) is 0 Å². The molecule has 0 saturated heterocycles. The molecule has 0 radical (unpaired) electrons. The summed E-state index contributed by atoms with van der Waals surface area (Å²) in [5.41, 5.74) is 3.50. The molecule has 0 aliphatic rings. The lowest BCUT2D eigenvalue weighted by Gasteiger charge is -2.13. The number of anilines is 1. The molecule has 0 bridgehead atoms. The summed E-state index contributed by atoms with van der Waals surface area (Å²) in [4.78, 5) is 17.4. The van der Waals surface area contributed by atoms with Crippen LogP contribution < -0.4 is 5.32 Å². The van der Waals surface area contributed by atoms with Crippen molar-refractivity contribution < 1.29 is 4.79 Å². The Morgan fingerprint density at radius 3 is 2.35 bits per heavy atom. The van der Waals surface area contributed by atoms with Crippen molar-refractivity contribution in [1.82, 2.24) is 4.98 Å². The molecule has 1 aromatic heterocycles. The molecule has 0 spiro atoms. The van der Waals surface area contributed by atoms with Gasteiger partial charge < -0.3 is 5.32 Å². The molecule has 0 fully saturated rings. The van der Waals surface area contributed by atoms with Crippen molar-refractivity contribution in [2.45, 2.75) is 0 Å². The Morgan fingerprint density at radius 1 is 0.846 bits per heavy atom. The topological polar surface area (TPSA) is 42.0 Å². The van der Waals surface area contributed by atoms with E-state index in [1.165, 1.54) is 0 Å². The van der Waals surface area contributed by atoms with Crippen molar-refractivity contribution >= 4 is 34.1 Å². The number of carbonyl (C=O) groups is 1. The van der Waals surface area contributed by atoms with E-state index in [1.54, 1.807) is 12.1 Å². The van der Waals surface area contributed by atoms with Gasteiger partial charge in [0.25, 0.3) is 5.91 Å². The number of nitrogens with one attached hydrogen (secondary N) is 1. The number of nitrogens with zero attached hydrogens (tertiary/aromatic N) is 1. The number of halogens is 1. The van der Waals surface area contributed by atoms with Crippen molar-refractivity contribution in [3.05, 3.63) is 95.5 Å². The molecule has 1 amide bonds. The summed E-state index contributed by atoms with van der Waals surface area (Å²) >= 11 is 6.38. The molecule has 3 nitrogen and oxygen atoms in total. The Labute approximate surface area is 156 Å². The number of hydrogen-bond acceptors (Lipinski definition) is 2. The number of amides is 1. The smallest absolute Gasteiger partial charge is 0.255 e. The van der Waals surface area contributed by atoms with Crippen molar-refractivity contribution in [3.63, 3.8) is 0 Å². The van der Waals surface area contributed by atoms with Crippen molar-refractivity contribution in [3.8, 4) is 11.3 Å². The minimum Gasteiger partial charge on any atom is -0.320 e. The van der Waals surface area contributed by atoms with E-state index in [0.717, 1.165) is 16.5 Å². The van der Waals surface area contributed by atoms with Crippen LogP contribution in [0.3, 0.4) is 0 Å².